The molecule has 0 bridgehead atoms. The third-order valence-electron chi connectivity index (χ3n) is 2.90. The van der Waals surface area contributed by atoms with Crippen LogP contribution in [-0.4, -0.2) is 38.9 Å². The van der Waals surface area contributed by atoms with Crippen molar-refractivity contribution in [2.75, 3.05) is 13.2 Å². The lowest BCUT2D eigenvalue weighted by Crippen LogP contribution is -2.39. The number of aromatic nitrogens is 4. The van der Waals surface area contributed by atoms with E-state index in [0.717, 1.165) is 13.2 Å². The van der Waals surface area contributed by atoms with Gasteiger partial charge in [0, 0.05) is 5.92 Å². The summed E-state index contributed by atoms with van der Waals surface area (Å²) in [5, 5.41) is 7.87. The zero-order valence-electron chi connectivity index (χ0n) is 9.21. The number of hydrogen-bond donors (Lipinski definition) is 0. The van der Waals surface area contributed by atoms with E-state index in [0.29, 0.717) is 22.0 Å². The Kier molecular flexibility index (Phi) is 2.71. The molecule has 90 valence electrons. The second kappa shape index (κ2) is 4.23. The minimum Gasteiger partial charge on any atom is -0.485 e. The van der Waals surface area contributed by atoms with Crippen LogP contribution in [0.3, 0.4) is 0 Å². The second-order valence-corrected chi connectivity index (χ2v) is 4.75. The Hall–Kier alpha value is -1.21. The highest BCUT2D eigenvalue weighted by atomic mass is 79.9. The fourth-order valence-electron chi connectivity index (χ4n) is 1.67. The summed E-state index contributed by atoms with van der Waals surface area (Å²) in [6.45, 7) is 3.55. The van der Waals surface area contributed by atoms with Gasteiger partial charge in [-0.3, -0.25) is 4.40 Å². The fourth-order valence-corrected chi connectivity index (χ4v) is 2.04. The van der Waals surface area contributed by atoms with E-state index in [1.54, 1.807) is 16.9 Å². The predicted octanol–water partition coefficient (Wildman–Crippen LogP) is 1.30. The monoisotopic (exact) mass is 298 g/mol. The zero-order valence-corrected chi connectivity index (χ0v) is 10.8. The lowest BCUT2D eigenvalue weighted by Gasteiger charge is -2.31. The van der Waals surface area contributed by atoms with E-state index in [2.05, 4.69) is 31.1 Å². The average molecular weight is 299 g/mol. The summed E-state index contributed by atoms with van der Waals surface area (Å²) in [4.78, 5) is 4.18. The Morgan fingerprint density at radius 3 is 3.12 bits per heavy atom. The first-order chi connectivity index (χ1) is 8.25. The van der Waals surface area contributed by atoms with Crippen molar-refractivity contribution >= 4 is 21.6 Å². The molecule has 2 aromatic rings. The third-order valence-corrected chi connectivity index (χ3v) is 3.48. The number of nitrogens with zero attached hydrogens (tertiary/aromatic N) is 4. The van der Waals surface area contributed by atoms with E-state index in [-0.39, 0.29) is 6.10 Å². The first-order valence-corrected chi connectivity index (χ1v) is 6.13. The molecule has 0 N–H and O–H groups in total. The summed E-state index contributed by atoms with van der Waals surface area (Å²) < 4.78 is 13.4. The van der Waals surface area contributed by atoms with Crippen molar-refractivity contribution in [2.45, 2.75) is 13.0 Å². The van der Waals surface area contributed by atoms with Gasteiger partial charge in [-0.25, -0.2) is 4.98 Å². The van der Waals surface area contributed by atoms with Crippen molar-refractivity contribution in [1.82, 2.24) is 19.6 Å². The summed E-state index contributed by atoms with van der Waals surface area (Å²) in [6.07, 6.45) is 3.34. The van der Waals surface area contributed by atoms with E-state index in [1.165, 1.54) is 0 Å². The molecule has 7 heteroatoms. The van der Waals surface area contributed by atoms with Crippen LogP contribution in [0.15, 0.2) is 17.3 Å². The van der Waals surface area contributed by atoms with Crippen LogP contribution in [0, 0.1) is 5.92 Å². The van der Waals surface area contributed by atoms with Crippen LogP contribution >= 0.6 is 15.9 Å². The second-order valence-electron chi connectivity index (χ2n) is 4.04. The molecule has 17 heavy (non-hydrogen) atoms. The average Bonchev–Trinajstić information content (AvgIpc) is 2.69. The molecule has 0 radical (unpaired) electrons. The molecule has 1 saturated heterocycles. The van der Waals surface area contributed by atoms with Gasteiger partial charge in [0.15, 0.2) is 10.5 Å². The topological polar surface area (TPSA) is 61.5 Å². The van der Waals surface area contributed by atoms with Gasteiger partial charge in [-0.1, -0.05) is 0 Å². The van der Waals surface area contributed by atoms with Crippen LogP contribution in [0.5, 0.6) is 5.75 Å². The van der Waals surface area contributed by atoms with Crippen molar-refractivity contribution in [3.8, 4) is 5.75 Å². The third kappa shape index (κ3) is 1.89. The summed E-state index contributed by atoms with van der Waals surface area (Å²) in [6, 6.07) is 0. The maximum absolute atomic E-state index is 5.86. The molecule has 1 unspecified atom stereocenters. The van der Waals surface area contributed by atoms with E-state index in [9.17, 15) is 0 Å². The minimum atomic E-state index is 0.0900. The standard InChI is InChI=1S/C10H11BrN4O2/c1-6(7-3-16-4-7)17-8-2-12-10(11)15-5-13-14-9(8)15/h2,5-7H,3-4H2,1H3. The quantitative estimate of drug-likeness (QED) is 0.800. The zero-order chi connectivity index (χ0) is 11.8. The normalized spacial score (nSPS) is 18.0. The van der Waals surface area contributed by atoms with E-state index >= 15 is 0 Å². The van der Waals surface area contributed by atoms with Crippen LogP contribution in [0.2, 0.25) is 0 Å². The molecule has 0 spiro atoms. The number of hydrogen-bond acceptors (Lipinski definition) is 5. The van der Waals surface area contributed by atoms with Crippen LogP contribution in [0.1, 0.15) is 6.92 Å². The van der Waals surface area contributed by atoms with Gasteiger partial charge in [-0.15, -0.1) is 10.2 Å². The molecule has 2 aromatic heterocycles. The smallest absolute Gasteiger partial charge is 0.206 e. The maximum atomic E-state index is 5.86. The first-order valence-electron chi connectivity index (χ1n) is 5.34. The van der Waals surface area contributed by atoms with Gasteiger partial charge >= 0.3 is 0 Å². The summed E-state index contributed by atoms with van der Waals surface area (Å²) >= 11 is 3.33. The molecule has 0 amide bonds. The highest BCUT2D eigenvalue weighted by molar-refractivity contribution is 9.10. The van der Waals surface area contributed by atoms with Crippen LogP contribution < -0.4 is 4.74 Å². The Morgan fingerprint density at radius 1 is 1.59 bits per heavy atom. The van der Waals surface area contributed by atoms with Gasteiger partial charge in [-0.2, -0.15) is 0 Å². The highest BCUT2D eigenvalue weighted by Gasteiger charge is 2.27. The molecule has 0 aromatic carbocycles. The lowest BCUT2D eigenvalue weighted by atomic mass is 10.0. The first kappa shape index (κ1) is 10.9. The molecule has 1 aliphatic rings. The Labute approximate surface area is 106 Å². The van der Waals surface area contributed by atoms with E-state index in [1.807, 2.05) is 6.92 Å². The van der Waals surface area contributed by atoms with Crippen LogP contribution in [0.4, 0.5) is 0 Å². The van der Waals surface area contributed by atoms with Crippen molar-refractivity contribution in [2.24, 2.45) is 5.92 Å². The Morgan fingerprint density at radius 2 is 2.41 bits per heavy atom. The van der Waals surface area contributed by atoms with Gasteiger partial charge in [0.2, 0.25) is 5.65 Å². The molecule has 1 aliphatic heterocycles. The SMILES string of the molecule is CC(Oc1cnc(Br)n2cnnc12)C1COC1. The van der Waals surface area contributed by atoms with Gasteiger partial charge in [0.05, 0.1) is 19.4 Å². The van der Waals surface area contributed by atoms with E-state index in [4.69, 9.17) is 9.47 Å². The molecule has 1 fully saturated rings. The number of halogens is 1. The molecule has 6 nitrogen and oxygen atoms in total. The number of ether oxygens (including phenoxy) is 2. The van der Waals surface area contributed by atoms with Gasteiger partial charge in [0.25, 0.3) is 0 Å². The van der Waals surface area contributed by atoms with Crippen molar-refractivity contribution in [3.63, 3.8) is 0 Å². The largest absolute Gasteiger partial charge is 0.485 e. The highest BCUT2D eigenvalue weighted by Crippen LogP contribution is 2.24. The summed E-state index contributed by atoms with van der Waals surface area (Å²) in [5.74, 6) is 1.09. The predicted molar refractivity (Wildman–Crippen MR) is 62.9 cm³/mol. The number of fused-ring (bicyclic) bond motifs is 1. The molecular formula is C10H11BrN4O2. The Balaban J connectivity index is 1.89. The van der Waals surface area contributed by atoms with Crippen molar-refractivity contribution < 1.29 is 9.47 Å². The molecular weight excluding hydrogens is 288 g/mol. The maximum Gasteiger partial charge on any atom is 0.206 e. The molecule has 3 heterocycles. The lowest BCUT2D eigenvalue weighted by molar-refractivity contribution is -0.0775. The van der Waals surface area contributed by atoms with Gasteiger partial charge in [-0.05, 0) is 22.9 Å². The van der Waals surface area contributed by atoms with E-state index < -0.39 is 0 Å². The van der Waals surface area contributed by atoms with Crippen LogP contribution in [-0.2, 0) is 4.74 Å². The molecule has 3 rings (SSSR count). The van der Waals surface area contributed by atoms with Crippen molar-refractivity contribution in [1.29, 1.82) is 0 Å². The fraction of sp³-hybridized carbons (Fsp3) is 0.500. The molecule has 0 aliphatic carbocycles. The Bertz CT molecular complexity index is 540. The summed E-state index contributed by atoms with van der Waals surface area (Å²) in [5.41, 5.74) is 0.666. The van der Waals surface area contributed by atoms with Crippen molar-refractivity contribution in [3.05, 3.63) is 17.3 Å². The summed E-state index contributed by atoms with van der Waals surface area (Å²) in [7, 11) is 0. The van der Waals surface area contributed by atoms with Crippen LogP contribution in [0.25, 0.3) is 5.65 Å². The molecule has 0 saturated carbocycles. The number of rotatable bonds is 3. The van der Waals surface area contributed by atoms with Gasteiger partial charge in [0.1, 0.15) is 12.4 Å². The minimum absolute atomic E-state index is 0.0900. The van der Waals surface area contributed by atoms with Gasteiger partial charge < -0.3 is 9.47 Å². The molecule has 1 atom stereocenters.